The van der Waals surface area contributed by atoms with Gasteiger partial charge in [-0.3, -0.25) is 0 Å². The molecule has 0 unspecified atom stereocenters. The zero-order valence-electron chi connectivity index (χ0n) is 9.53. The summed E-state index contributed by atoms with van der Waals surface area (Å²) in [6.45, 7) is 1.83. The molecule has 0 radical (unpaired) electrons. The fourth-order valence-electron chi connectivity index (χ4n) is 1.48. The van der Waals surface area contributed by atoms with Crippen molar-refractivity contribution in [2.24, 2.45) is 0 Å². The van der Waals surface area contributed by atoms with Crippen LogP contribution in [0.5, 0.6) is 11.6 Å². The van der Waals surface area contributed by atoms with E-state index in [0.717, 1.165) is 11.6 Å². The van der Waals surface area contributed by atoms with Gasteiger partial charge in [-0.05, 0) is 36.8 Å². The third-order valence-electron chi connectivity index (χ3n) is 2.28. The highest BCUT2D eigenvalue weighted by Crippen LogP contribution is 2.36. The molecule has 0 fully saturated rings. The van der Waals surface area contributed by atoms with Gasteiger partial charge in [0.05, 0.1) is 0 Å². The molecule has 0 amide bonds. The molecule has 1 heterocycles. The Balaban J connectivity index is 2.35. The number of halogens is 3. The van der Waals surface area contributed by atoms with Crippen LogP contribution in [0.4, 0.5) is 13.2 Å². The summed E-state index contributed by atoms with van der Waals surface area (Å²) in [7, 11) is 0. The summed E-state index contributed by atoms with van der Waals surface area (Å²) in [6, 6.07) is 8.94. The lowest BCUT2D eigenvalue weighted by Gasteiger charge is -2.12. The number of ether oxygens (including phenoxy) is 1. The fraction of sp³-hybridized carbons (Fsp3) is 0.154. The van der Waals surface area contributed by atoms with Gasteiger partial charge < -0.3 is 4.74 Å². The van der Waals surface area contributed by atoms with Crippen LogP contribution in [0.3, 0.4) is 0 Å². The first-order valence-electron chi connectivity index (χ1n) is 5.23. The molecule has 0 atom stereocenters. The summed E-state index contributed by atoms with van der Waals surface area (Å²) < 4.78 is 43.3. The Bertz CT molecular complexity index is 552. The molecule has 0 N–H and O–H groups in total. The van der Waals surface area contributed by atoms with Crippen molar-refractivity contribution < 1.29 is 17.9 Å². The first kappa shape index (κ1) is 12.4. The molecule has 1 aromatic heterocycles. The number of rotatable bonds is 2. The number of alkyl halides is 3. The Kier molecular flexibility index (Phi) is 3.23. The number of hydrogen-bond acceptors (Lipinski definition) is 2. The lowest BCUT2D eigenvalue weighted by atomic mass is 10.2. The molecular formula is C13H10F3NO. The van der Waals surface area contributed by atoms with Gasteiger partial charge in [0.1, 0.15) is 11.3 Å². The van der Waals surface area contributed by atoms with Crippen molar-refractivity contribution in [3.05, 3.63) is 53.7 Å². The van der Waals surface area contributed by atoms with Crippen LogP contribution in [-0.2, 0) is 6.18 Å². The number of aryl methyl sites for hydroxylation is 1. The SMILES string of the molecule is Cc1cccc(Oc2ncccc2C(F)(F)F)c1. The standard InChI is InChI=1S/C13H10F3NO/c1-9-4-2-5-10(8-9)18-12-11(13(14,15)16)6-3-7-17-12/h2-8H,1H3. The average Bonchev–Trinajstić information content (AvgIpc) is 2.28. The summed E-state index contributed by atoms with van der Waals surface area (Å²) in [5.74, 6) is -0.102. The molecule has 0 saturated carbocycles. The molecule has 0 saturated heterocycles. The molecule has 0 spiro atoms. The number of benzene rings is 1. The Morgan fingerprint density at radius 3 is 2.56 bits per heavy atom. The van der Waals surface area contributed by atoms with Gasteiger partial charge in [-0.25, -0.2) is 4.98 Å². The summed E-state index contributed by atoms with van der Waals surface area (Å²) in [5, 5.41) is 0. The number of hydrogen-bond donors (Lipinski definition) is 0. The summed E-state index contributed by atoms with van der Waals surface area (Å²) >= 11 is 0. The van der Waals surface area contributed by atoms with Crippen LogP contribution in [0.1, 0.15) is 11.1 Å². The van der Waals surface area contributed by atoms with Crippen LogP contribution in [0.25, 0.3) is 0 Å². The normalized spacial score (nSPS) is 11.3. The van der Waals surface area contributed by atoms with E-state index in [-0.39, 0.29) is 0 Å². The van der Waals surface area contributed by atoms with Gasteiger partial charge in [-0.15, -0.1) is 0 Å². The summed E-state index contributed by atoms with van der Waals surface area (Å²) in [4.78, 5) is 3.63. The largest absolute Gasteiger partial charge is 0.438 e. The van der Waals surface area contributed by atoms with E-state index in [1.165, 1.54) is 12.3 Å². The van der Waals surface area contributed by atoms with Crippen LogP contribution in [0.15, 0.2) is 42.6 Å². The zero-order chi connectivity index (χ0) is 13.2. The lowest BCUT2D eigenvalue weighted by molar-refractivity contribution is -0.138. The first-order chi connectivity index (χ1) is 8.47. The molecule has 2 nitrogen and oxygen atoms in total. The molecule has 0 aliphatic rings. The van der Waals surface area contributed by atoms with E-state index in [0.29, 0.717) is 5.75 Å². The highest BCUT2D eigenvalue weighted by Gasteiger charge is 2.35. The predicted molar refractivity (Wildman–Crippen MR) is 60.5 cm³/mol. The van der Waals surface area contributed by atoms with Crippen LogP contribution >= 0.6 is 0 Å². The predicted octanol–water partition coefficient (Wildman–Crippen LogP) is 4.20. The van der Waals surface area contributed by atoms with Gasteiger partial charge in [0.15, 0.2) is 0 Å². The molecule has 0 bridgehead atoms. The Morgan fingerprint density at radius 2 is 1.89 bits per heavy atom. The summed E-state index contributed by atoms with van der Waals surface area (Å²) in [6.07, 6.45) is -3.21. The van der Waals surface area contributed by atoms with Crippen molar-refractivity contribution in [1.82, 2.24) is 4.98 Å². The first-order valence-corrected chi connectivity index (χ1v) is 5.23. The quantitative estimate of drug-likeness (QED) is 0.800. The lowest BCUT2D eigenvalue weighted by Crippen LogP contribution is -2.08. The maximum Gasteiger partial charge on any atom is 0.421 e. The van der Waals surface area contributed by atoms with Crippen molar-refractivity contribution in [2.75, 3.05) is 0 Å². The van der Waals surface area contributed by atoms with Gasteiger partial charge >= 0.3 is 6.18 Å². The van der Waals surface area contributed by atoms with E-state index >= 15 is 0 Å². The fourth-order valence-corrected chi connectivity index (χ4v) is 1.48. The second-order valence-corrected chi connectivity index (χ2v) is 3.77. The average molecular weight is 253 g/mol. The Morgan fingerprint density at radius 1 is 1.11 bits per heavy atom. The van der Waals surface area contributed by atoms with Gasteiger partial charge in [0, 0.05) is 6.20 Å². The van der Waals surface area contributed by atoms with Crippen molar-refractivity contribution in [3.63, 3.8) is 0 Å². The van der Waals surface area contributed by atoms with E-state index in [2.05, 4.69) is 4.98 Å². The van der Waals surface area contributed by atoms with Gasteiger partial charge in [-0.2, -0.15) is 13.2 Å². The number of aromatic nitrogens is 1. The highest BCUT2D eigenvalue weighted by molar-refractivity contribution is 5.35. The van der Waals surface area contributed by atoms with Gasteiger partial charge in [0.2, 0.25) is 5.88 Å². The molecule has 0 aliphatic carbocycles. The van der Waals surface area contributed by atoms with Gasteiger partial charge in [-0.1, -0.05) is 12.1 Å². The highest BCUT2D eigenvalue weighted by atomic mass is 19.4. The summed E-state index contributed by atoms with van der Waals surface area (Å²) in [5.41, 5.74) is 0.0171. The third-order valence-corrected chi connectivity index (χ3v) is 2.28. The molecule has 1 aromatic carbocycles. The van der Waals surface area contributed by atoms with Crippen molar-refractivity contribution in [2.45, 2.75) is 13.1 Å². The van der Waals surface area contributed by atoms with Crippen molar-refractivity contribution in [3.8, 4) is 11.6 Å². The number of nitrogens with zero attached hydrogens (tertiary/aromatic N) is 1. The third kappa shape index (κ3) is 2.80. The molecule has 2 aromatic rings. The van der Waals surface area contributed by atoms with E-state index < -0.39 is 17.6 Å². The van der Waals surface area contributed by atoms with Crippen LogP contribution in [-0.4, -0.2) is 4.98 Å². The molecule has 5 heteroatoms. The monoisotopic (exact) mass is 253 g/mol. The maximum atomic E-state index is 12.7. The minimum absolute atomic E-state index is 0.333. The zero-order valence-corrected chi connectivity index (χ0v) is 9.53. The van der Waals surface area contributed by atoms with Crippen molar-refractivity contribution >= 4 is 0 Å². The topological polar surface area (TPSA) is 22.1 Å². The molecular weight excluding hydrogens is 243 g/mol. The van der Waals surface area contributed by atoms with E-state index in [1.807, 2.05) is 13.0 Å². The van der Waals surface area contributed by atoms with Gasteiger partial charge in [0.25, 0.3) is 0 Å². The molecule has 0 aliphatic heterocycles. The Hall–Kier alpha value is -2.04. The van der Waals surface area contributed by atoms with Crippen LogP contribution in [0.2, 0.25) is 0 Å². The van der Waals surface area contributed by atoms with E-state index in [9.17, 15) is 13.2 Å². The van der Waals surface area contributed by atoms with Crippen LogP contribution < -0.4 is 4.74 Å². The second-order valence-electron chi connectivity index (χ2n) is 3.77. The van der Waals surface area contributed by atoms with Crippen molar-refractivity contribution in [1.29, 1.82) is 0 Å². The maximum absolute atomic E-state index is 12.7. The Labute approximate surface area is 102 Å². The number of pyridine rings is 1. The van der Waals surface area contributed by atoms with Crippen LogP contribution in [0, 0.1) is 6.92 Å². The smallest absolute Gasteiger partial charge is 0.421 e. The minimum atomic E-state index is -4.48. The van der Waals surface area contributed by atoms with E-state index in [1.54, 1.807) is 18.2 Å². The molecule has 2 rings (SSSR count). The van der Waals surface area contributed by atoms with E-state index in [4.69, 9.17) is 4.74 Å². The minimum Gasteiger partial charge on any atom is -0.438 e. The molecule has 18 heavy (non-hydrogen) atoms. The molecule has 94 valence electrons. The second kappa shape index (κ2) is 4.68.